The Hall–Kier alpha value is -2.94. The lowest BCUT2D eigenvalue weighted by Crippen LogP contribution is -2.17. The highest BCUT2D eigenvalue weighted by atomic mass is 16.2. The van der Waals surface area contributed by atoms with Crippen LogP contribution < -0.4 is 5.43 Å². The molecule has 0 heterocycles. The number of nitrogens with zero attached hydrogens (tertiary/aromatic N) is 1. The summed E-state index contributed by atoms with van der Waals surface area (Å²) in [5.74, 6) is -0.204. The third-order valence-electron chi connectivity index (χ3n) is 3.96. The molecule has 0 aliphatic carbocycles. The molecule has 0 aliphatic rings. The zero-order chi connectivity index (χ0) is 16.2. The number of carbonyl (C=O) groups excluding carboxylic acids is 1. The standard InChI is InChI=1S/C20H18N2O/c1-14-10-11-17(12-15(14)2)20(23)22-21-13-18-8-5-7-16-6-3-4-9-19(16)18/h3-13H,1-2H3,(H,22,23)/b21-13+. The predicted octanol–water partition coefficient (Wildman–Crippen LogP) is 4.22. The number of hydrogen-bond donors (Lipinski definition) is 1. The zero-order valence-electron chi connectivity index (χ0n) is 13.2. The molecule has 3 rings (SSSR count). The van der Waals surface area contributed by atoms with Gasteiger partial charge in [0.2, 0.25) is 0 Å². The molecule has 3 nitrogen and oxygen atoms in total. The number of hydrogen-bond acceptors (Lipinski definition) is 2. The molecule has 3 aromatic carbocycles. The molecular formula is C20H18N2O. The van der Waals surface area contributed by atoms with Gasteiger partial charge in [-0.15, -0.1) is 0 Å². The van der Waals surface area contributed by atoms with Gasteiger partial charge >= 0.3 is 0 Å². The fraction of sp³-hybridized carbons (Fsp3) is 0.100. The number of carbonyl (C=O) groups is 1. The van der Waals surface area contributed by atoms with E-state index in [1.54, 1.807) is 6.21 Å². The maximum atomic E-state index is 12.1. The zero-order valence-corrected chi connectivity index (χ0v) is 13.2. The highest BCUT2D eigenvalue weighted by Crippen LogP contribution is 2.16. The third-order valence-corrected chi connectivity index (χ3v) is 3.96. The maximum absolute atomic E-state index is 12.1. The molecule has 0 saturated carbocycles. The Balaban J connectivity index is 1.77. The molecule has 0 aliphatic heterocycles. The van der Waals surface area contributed by atoms with Gasteiger partial charge in [-0.25, -0.2) is 5.43 Å². The van der Waals surface area contributed by atoms with Crippen molar-refractivity contribution in [2.45, 2.75) is 13.8 Å². The first-order chi connectivity index (χ1) is 11.1. The number of benzene rings is 3. The minimum atomic E-state index is -0.204. The van der Waals surface area contributed by atoms with Gasteiger partial charge in [0.05, 0.1) is 6.21 Å². The van der Waals surface area contributed by atoms with Gasteiger partial charge in [0.1, 0.15) is 0 Å². The van der Waals surface area contributed by atoms with Gasteiger partial charge < -0.3 is 0 Å². The minimum absolute atomic E-state index is 0.204. The Morgan fingerprint density at radius 3 is 2.57 bits per heavy atom. The summed E-state index contributed by atoms with van der Waals surface area (Å²) in [6.45, 7) is 4.02. The summed E-state index contributed by atoms with van der Waals surface area (Å²) in [5, 5.41) is 6.36. The van der Waals surface area contributed by atoms with Gasteiger partial charge in [0.15, 0.2) is 0 Å². The number of aryl methyl sites for hydroxylation is 2. The predicted molar refractivity (Wildman–Crippen MR) is 94.9 cm³/mol. The van der Waals surface area contributed by atoms with E-state index in [9.17, 15) is 4.79 Å². The van der Waals surface area contributed by atoms with E-state index in [4.69, 9.17) is 0 Å². The van der Waals surface area contributed by atoms with Crippen molar-refractivity contribution in [1.82, 2.24) is 5.43 Å². The smallest absolute Gasteiger partial charge is 0.267 e. The van der Waals surface area contributed by atoms with E-state index in [2.05, 4.69) is 22.7 Å². The summed E-state index contributed by atoms with van der Waals surface area (Å²) in [6, 6.07) is 19.7. The van der Waals surface area contributed by atoms with Crippen LogP contribution in [0.25, 0.3) is 10.8 Å². The van der Waals surface area contributed by atoms with Gasteiger partial charge in [-0.05, 0) is 47.9 Å². The van der Waals surface area contributed by atoms with Crippen molar-refractivity contribution in [2.24, 2.45) is 5.10 Å². The molecule has 0 bridgehead atoms. The molecule has 0 fully saturated rings. The number of amides is 1. The first-order valence-electron chi connectivity index (χ1n) is 7.53. The van der Waals surface area contributed by atoms with Crippen molar-refractivity contribution in [3.8, 4) is 0 Å². The van der Waals surface area contributed by atoms with Crippen LogP contribution in [0, 0.1) is 13.8 Å². The summed E-state index contributed by atoms with van der Waals surface area (Å²) < 4.78 is 0. The average molecular weight is 302 g/mol. The monoisotopic (exact) mass is 302 g/mol. The summed E-state index contributed by atoms with van der Waals surface area (Å²) in [5.41, 5.74) is 6.44. The molecule has 0 spiro atoms. The highest BCUT2D eigenvalue weighted by molar-refractivity contribution is 6.00. The number of nitrogens with one attached hydrogen (secondary N) is 1. The normalized spacial score (nSPS) is 11.0. The van der Waals surface area contributed by atoms with Crippen LogP contribution in [-0.2, 0) is 0 Å². The molecule has 0 unspecified atom stereocenters. The molecule has 23 heavy (non-hydrogen) atoms. The van der Waals surface area contributed by atoms with Crippen LogP contribution >= 0.6 is 0 Å². The van der Waals surface area contributed by atoms with Gasteiger partial charge in [-0.2, -0.15) is 5.10 Å². The molecule has 1 N–H and O–H groups in total. The third kappa shape index (κ3) is 3.29. The second kappa shape index (κ2) is 6.44. The number of rotatable bonds is 3. The lowest BCUT2D eigenvalue weighted by molar-refractivity contribution is 0.0955. The lowest BCUT2D eigenvalue weighted by atomic mass is 10.1. The molecule has 0 aromatic heterocycles. The molecule has 0 saturated heterocycles. The molecule has 3 heteroatoms. The molecular weight excluding hydrogens is 284 g/mol. The van der Waals surface area contributed by atoms with Gasteiger partial charge in [-0.3, -0.25) is 4.79 Å². The highest BCUT2D eigenvalue weighted by Gasteiger charge is 2.05. The molecule has 114 valence electrons. The topological polar surface area (TPSA) is 41.5 Å². The fourth-order valence-electron chi connectivity index (χ4n) is 2.47. The summed E-state index contributed by atoms with van der Waals surface area (Å²) in [4.78, 5) is 12.1. The Labute approximate surface area is 135 Å². The fourth-order valence-corrected chi connectivity index (χ4v) is 2.47. The van der Waals surface area contributed by atoms with Crippen LogP contribution in [0.15, 0.2) is 65.8 Å². The van der Waals surface area contributed by atoms with Crippen LogP contribution in [0.3, 0.4) is 0 Å². The SMILES string of the molecule is Cc1ccc(C(=O)N/N=C/c2cccc3ccccc23)cc1C. The van der Waals surface area contributed by atoms with Crippen LogP contribution in [0.2, 0.25) is 0 Å². The van der Waals surface area contributed by atoms with Gasteiger partial charge in [0, 0.05) is 11.1 Å². The van der Waals surface area contributed by atoms with E-state index in [0.29, 0.717) is 5.56 Å². The second-order valence-electron chi connectivity index (χ2n) is 5.57. The van der Waals surface area contributed by atoms with E-state index in [1.165, 1.54) is 5.56 Å². The maximum Gasteiger partial charge on any atom is 0.271 e. The van der Waals surface area contributed by atoms with Gasteiger partial charge in [-0.1, -0.05) is 48.5 Å². The number of hydrazone groups is 1. The van der Waals surface area contributed by atoms with Crippen LogP contribution in [0.1, 0.15) is 27.0 Å². The summed E-state index contributed by atoms with van der Waals surface area (Å²) in [7, 11) is 0. The van der Waals surface area contributed by atoms with Crippen molar-refractivity contribution in [2.75, 3.05) is 0 Å². The lowest BCUT2D eigenvalue weighted by Gasteiger charge is -2.04. The van der Waals surface area contributed by atoms with Gasteiger partial charge in [0.25, 0.3) is 5.91 Å². The Bertz CT molecular complexity index is 892. The summed E-state index contributed by atoms with van der Waals surface area (Å²) in [6.07, 6.45) is 1.68. The molecule has 0 atom stereocenters. The Morgan fingerprint density at radius 2 is 1.74 bits per heavy atom. The van der Waals surface area contributed by atoms with E-state index in [-0.39, 0.29) is 5.91 Å². The van der Waals surface area contributed by atoms with Crippen molar-refractivity contribution in [1.29, 1.82) is 0 Å². The molecule has 1 amide bonds. The van der Waals surface area contributed by atoms with Crippen LogP contribution in [0.4, 0.5) is 0 Å². The van der Waals surface area contributed by atoms with E-state index in [0.717, 1.165) is 21.9 Å². The van der Waals surface area contributed by atoms with Crippen LogP contribution in [-0.4, -0.2) is 12.1 Å². The minimum Gasteiger partial charge on any atom is -0.267 e. The Kier molecular flexibility index (Phi) is 4.20. The van der Waals surface area contributed by atoms with Crippen molar-refractivity contribution in [3.63, 3.8) is 0 Å². The van der Waals surface area contributed by atoms with E-state index in [1.807, 2.05) is 62.4 Å². The quantitative estimate of drug-likeness (QED) is 0.571. The number of fused-ring (bicyclic) bond motifs is 1. The largest absolute Gasteiger partial charge is 0.271 e. The first kappa shape index (κ1) is 15.0. The average Bonchev–Trinajstić information content (AvgIpc) is 2.57. The molecule has 3 aromatic rings. The molecule has 0 radical (unpaired) electrons. The van der Waals surface area contributed by atoms with Crippen molar-refractivity contribution in [3.05, 3.63) is 82.9 Å². The van der Waals surface area contributed by atoms with Crippen LogP contribution in [0.5, 0.6) is 0 Å². The first-order valence-corrected chi connectivity index (χ1v) is 7.53. The van der Waals surface area contributed by atoms with E-state index < -0.39 is 0 Å². The van der Waals surface area contributed by atoms with Crippen molar-refractivity contribution >= 4 is 22.9 Å². The van der Waals surface area contributed by atoms with Crippen molar-refractivity contribution < 1.29 is 4.79 Å². The second-order valence-corrected chi connectivity index (χ2v) is 5.57. The Morgan fingerprint density at radius 1 is 0.957 bits per heavy atom. The summed E-state index contributed by atoms with van der Waals surface area (Å²) >= 11 is 0. The van der Waals surface area contributed by atoms with E-state index >= 15 is 0 Å².